The number of hydrogen-bond donors (Lipinski definition) is 0. The van der Waals surface area contributed by atoms with Crippen molar-refractivity contribution in [1.29, 1.82) is 5.26 Å². The van der Waals surface area contributed by atoms with Crippen LogP contribution in [0.4, 0.5) is 0 Å². The Hall–Kier alpha value is -1.82. The SMILES string of the molecule is N#Cc1ccc(CCC(=O)N2CCCCCC2)cc1. The van der Waals surface area contributed by atoms with Crippen molar-refractivity contribution in [3.8, 4) is 6.07 Å². The lowest BCUT2D eigenvalue weighted by molar-refractivity contribution is -0.131. The molecule has 0 spiro atoms. The van der Waals surface area contributed by atoms with Crippen LogP contribution >= 0.6 is 0 Å². The normalized spacial score (nSPS) is 15.6. The van der Waals surface area contributed by atoms with Crippen molar-refractivity contribution < 1.29 is 4.79 Å². The number of rotatable bonds is 3. The van der Waals surface area contributed by atoms with Gasteiger partial charge in [0.15, 0.2) is 0 Å². The van der Waals surface area contributed by atoms with Gasteiger partial charge in [-0.2, -0.15) is 5.26 Å². The fourth-order valence-corrected chi connectivity index (χ4v) is 2.48. The maximum Gasteiger partial charge on any atom is 0.222 e. The maximum atomic E-state index is 12.1. The zero-order chi connectivity index (χ0) is 13.5. The Morgan fingerprint density at radius 3 is 2.32 bits per heavy atom. The third kappa shape index (κ3) is 4.10. The summed E-state index contributed by atoms with van der Waals surface area (Å²) >= 11 is 0. The average molecular weight is 256 g/mol. The number of hydrogen-bond acceptors (Lipinski definition) is 2. The van der Waals surface area contributed by atoms with Crippen LogP contribution < -0.4 is 0 Å². The number of nitrogens with zero attached hydrogens (tertiary/aromatic N) is 2. The molecule has 0 N–H and O–H groups in total. The predicted molar refractivity (Wildman–Crippen MR) is 74.5 cm³/mol. The Labute approximate surface area is 114 Å². The molecule has 0 aliphatic carbocycles. The Morgan fingerprint density at radius 1 is 1.11 bits per heavy atom. The molecule has 1 fully saturated rings. The van der Waals surface area contributed by atoms with Gasteiger partial charge in [-0.25, -0.2) is 0 Å². The van der Waals surface area contributed by atoms with Crippen LogP contribution in [0.5, 0.6) is 0 Å². The van der Waals surface area contributed by atoms with Gasteiger partial charge in [0.25, 0.3) is 0 Å². The summed E-state index contributed by atoms with van der Waals surface area (Å²) in [6, 6.07) is 9.60. The fourth-order valence-electron chi connectivity index (χ4n) is 2.48. The largest absolute Gasteiger partial charge is 0.343 e. The summed E-state index contributed by atoms with van der Waals surface area (Å²) in [7, 11) is 0. The number of amides is 1. The molecular weight excluding hydrogens is 236 g/mol. The summed E-state index contributed by atoms with van der Waals surface area (Å²) in [6.07, 6.45) is 6.12. The van der Waals surface area contributed by atoms with Crippen molar-refractivity contribution in [2.24, 2.45) is 0 Å². The van der Waals surface area contributed by atoms with Gasteiger partial charge < -0.3 is 4.90 Å². The van der Waals surface area contributed by atoms with Gasteiger partial charge in [0.1, 0.15) is 0 Å². The molecule has 1 aromatic carbocycles. The highest BCUT2D eigenvalue weighted by Crippen LogP contribution is 2.12. The van der Waals surface area contributed by atoms with Crippen molar-refractivity contribution in [2.45, 2.75) is 38.5 Å². The molecule has 100 valence electrons. The maximum absolute atomic E-state index is 12.1. The molecule has 0 aromatic heterocycles. The number of likely N-dealkylation sites (tertiary alicyclic amines) is 1. The third-order valence-electron chi connectivity index (χ3n) is 3.67. The quantitative estimate of drug-likeness (QED) is 0.834. The van der Waals surface area contributed by atoms with E-state index in [0.29, 0.717) is 12.0 Å². The Kier molecular flexibility index (Phi) is 4.97. The van der Waals surface area contributed by atoms with E-state index in [1.807, 2.05) is 29.2 Å². The number of carbonyl (C=O) groups is 1. The molecule has 1 heterocycles. The van der Waals surface area contributed by atoms with Crippen LogP contribution in [-0.2, 0) is 11.2 Å². The van der Waals surface area contributed by atoms with E-state index in [0.717, 1.165) is 37.9 Å². The summed E-state index contributed by atoms with van der Waals surface area (Å²) < 4.78 is 0. The molecule has 0 unspecified atom stereocenters. The summed E-state index contributed by atoms with van der Waals surface area (Å²) in [6.45, 7) is 1.85. The average Bonchev–Trinajstić information content (AvgIpc) is 2.74. The monoisotopic (exact) mass is 256 g/mol. The molecule has 0 atom stereocenters. The molecular formula is C16H20N2O. The molecule has 2 rings (SSSR count). The van der Waals surface area contributed by atoms with Gasteiger partial charge in [-0.3, -0.25) is 4.79 Å². The minimum Gasteiger partial charge on any atom is -0.343 e. The van der Waals surface area contributed by atoms with E-state index in [-0.39, 0.29) is 5.91 Å². The standard InChI is InChI=1S/C16H20N2O/c17-13-15-7-5-14(6-8-15)9-10-16(19)18-11-3-1-2-4-12-18/h5-8H,1-4,9-12H2. The first-order valence-electron chi connectivity index (χ1n) is 7.06. The van der Waals surface area contributed by atoms with Crippen molar-refractivity contribution in [3.63, 3.8) is 0 Å². The van der Waals surface area contributed by atoms with Crippen LogP contribution in [0.2, 0.25) is 0 Å². The second kappa shape index (κ2) is 6.94. The van der Waals surface area contributed by atoms with Crippen LogP contribution in [0.1, 0.15) is 43.2 Å². The van der Waals surface area contributed by atoms with E-state index in [1.165, 1.54) is 12.8 Å². The summed E-state index contributed by atoms with van der Waals surface area (Å²) in [5, 5.41) is 8.73. The predicted octanol–water partition coefficient (Wildman–Crippen LogP) is 2.89. The minimum absolute atomic E-state index is 0.270. The smallest absolute Gasteiger partial charge is 0.222 e. The summed E-state index contributed by atoms with van der Waals surface area (Å²) in [5.41, 5.74) is 1.80. The van der Waals surface area contributed by atoms with Gasteiger partial charge in [0.2, 0.25) is 5.91 Å². The van der Waals surface area contributed by atoms with Crippen LogP contribution in [-0.4, -0.2) is 23.9 Å². The number of aryl methyl sites for hydroxylation is 1. The number of benzene rings is 1. The molecule has 1 aliphatic rings. The number of carbonyl (C=O) groups excluding carboxylic acids is 1. The van der Waals surface area contributed by atoms with Crippen LogP contribution in [0.3, 0.4) is 0 Å². The zero-order valence-corrected chi connectivity index (χ0v) is 11.3. The number of nitriles is 1. The molecule has 19 heavy (non-hydrogen) atoms. The Balaban J connectivity index is 1.83. The summed E-state index contributed by atoms with van der Waals surface area (Å²) in [5.74, 6) is 0.270. The molecule has 3 nitrogen and oxygen atoms in total. The zero-order valence-electron chi connectivity index (χ0n) is 11.3. The van der Waals surface area contributed by atoms with E-state index < -0.39 is 0 Å². The molecule has 0 saturated carbocycles. The van der Waals surface area contributed by atoms with E-state index in [4.69, 9.17) is 5.26 Å². The molecule has 1 aliphatic heterocycles. The molecule has 1 amide bonds. The van der Waals surface area contributed by atoms with Crippen LogP contribution in [0.15, 0.2) is 24.3 Å². The lowest BCUT2D eigenvalue weighted by Gasteiger charge is -2.20. The van der Waals surface area contributed by atoms with Gasteiger partial charge in [-0.15, -0.1) is 0 Å². The highest BCUT2D eigenvalue weighted by atomic mass is 16.2. The van der Waals surface area contributed by atoms with Gasteiger partial charge >= 0.3 is 0 Å². The highest BCUT2D eigenvalue weighted by molar-refractivity contribution is 5.76. The van der Waals surface area contributed by atoms with E-state index >= 15 is 0 Å². The van der Waals surface area contributed by atoms with Gasteiger partial charge in [-0.1, -0.05) is 25.0 Å². The highest BCUT2D eigenvalue weighted by Gasteiger charge is 2.14. The van der Waals surface area contributed by atoms with Gasteiger partial charge in [-0.05, 0) is 37.0 Å². The van der Waals surface area contributed by atoms with E-state index in [1.54, 1.807) is 0 Å². The molecule has 3 heteroatoms. The van der Waals surface area contributed by atoms with Gasteiger partial charge in [0, 0.05) is 19.5 Å². The van der Waals surface area contributed by atoms with Crippen molar-refractivity contribution in [2.75, 3.05) is 13.1 Å². The molecule has 0 bridgehead atoms. The van der Waals surface area contributed by atoms with Crippen LogP contribution in [0.25, 0.3) is 0 Å². The van der Waals surface area contributed by atoms with E-state index in [2.05, 4.69) is 6.07 Å². The fraction of sp³-hybridized carbons (Fsp3) is 0.500. The van der Waals surface area contributed by atoms with Crippen molar-refractivity contribution in [3.05, 3.63) is 35.4 Å². The Bertz CT molecular complexity index is 451. The second-order valence-corrected chi connectivity index (χ2v) is 5.10. The first-order valence-corrected chi connectivity index (χ1v) is 7.06. The first kappa shape index (κ1) is 13.6. The lowest BCUT2D eigenvalue weighted by atomic mass is 10.1. The third-order valence-corrected chi connectivity index (χ3v) is 3.67. The summed E-state index contributed by atoms with van der Waals surface area (Å²) in [4.78, 5) is 14.1. The van der Waals surface area contributed by atoms with E-state index in [9.17, 15) is 4.79 Å². The Morgan fingerprint density at radius 2 is 1.74 bits per heavy atom. The molecule has 0 radical (unpaired) electrons. The topological polar surface area (TPSA) is 44.1 Å². The second-order valence-electron chi connectivity index (χ2n) is 5.10. The molecule has 1 saturated heterocycles. The lowest BCUT2D eigenvalue weighted by Crippen LogP contribution is -2.31. The van der Waals surface area contributed by atoms with Crippen LogP contribution in [0, 0.1) is 11.3 Å². The van der Waals surface area contributed by atoms with Gasteiger partial charge in [0.05, 0.1) is 11.6 Å². The minimum atomic E-state index is 0.270. The van der Waals surface area contributed by atoms with Crippen molar-refractivity contribution >= 4 is 5.91 Å². The molecule has 1 aromatic rings. The first-order chi connectivity index (χ1) is 9.29. The van der Waals surface area contributed by atoms with Crippen molar-refractivity contribution in [1.82, 2.24) is 4.90 Å².